The van der Waals surface area contributed by atoms with Crippen LogP contribution in [0.25, 0.3) is 0 Å². The van der Waals surface area contributed by atoms with E-state index < -0.39 is 0 Å². The fourth-order valence-corrected chi connectivity index (χ4v) is 3.51. The molecule has 19 heavy (non-hydrogen) atoms. The quantitative estimate of drug-likeness (QED) is 0.510. The molecule has 1 saturated carbocycles. The van der Waals surface area contributed by atoms with E-state index in [0.717, 1.165) is 5.92 Å². The Labute approximate surface area is 112 Å². The maximum Gasteiger partial charge on any atom is 0.292 e. The van der Waals surface area contributed by atoms with E-state index in [1.807, 2.05) is 6.07 Å². The van der Waals surface area contributed by atoms with Gasteiger partial charge in [-0.15, -0.1) is 0 Å². The molecular weight excluding hydrogens is 240 g/mol. The summed E-state index contributed by atoms with van der Waals surface area (Å²) in [5.74, 6) is 1.97. The molecule has 4 nitrogen and oxygen atoms in total. The van der Waals surface area contributed by atoms with Gasteiger partial charge in [-0.2, -0.15) is 0 Å². The molecule has 0 aromatic heterocycles. The first-order valence-electron chi connectivity index (χ1n) is 6.83. The topological polar surface area (TPSA) is 55.2 Å². The van der Waals surface area contributed by atoms with E-state index >= 15 is 0 Å². The van der Waals surface area contributed by atoms with Crippen molar-refractivity contribution in [2.75, 3.05) is 5.32 Å². The molecule has 2 aliphatic rings. The van der Waals surface area contributed by atoms with E-state index in [-0.39, 0.29) is 16.7 Å². The van der Waals surface area contributed by atoms with Gasteiger partial charge < -0.3 is 5.32 Å². The third-order valence-electron chi connectivity index (χ3n) is 4.46. The lowest BCUT2D eigenvalue weighted by Gasteiger charge is -2.26. The van der Waals surface area contributed by atoms with Crippen LogP contribution in [0.2, 0.25) is 0 Å². The third kappa shape index (κ3) is 2.23. The van der Waals surface area contributed by atoms with Crippen LogP contribution in [-0.4, -0.2) is 11.0 Å². The van der Waals surface area contributed by atoms with Crippen molar-refractivity contribution in [3.8, 4) is 0 Å². The Kier molecular flexibility index (Phi) is 3.01. The van der Waals surface area contributed by atoms with E-state index in [1.54, 1.807) is 18.2 Å². The first-order chi connectivity index (χ1) is 9.15. The number of hydrogen-bond donors (Lipinski definition) is 1. The van der Waals surface area contributed by atoms with Crippen molar-refractivity contribution in [1.82, 2.24) is 0 Å². The van der Waals surface area contributed by atoms with Crippen LogP contribution < -0.4 is 5.32 Å². The minimum absolute atomic E-state index is 0.160. The van der Waals surface area contributed by atoms with Crippen molar-refractivity contribution < 1.29 is 4.92 Å². The molecule has 0 amide bonds. The van der Waals surface area contributed by atoms with Crippen LogP contribution in [0.15, 0.2) is 36.4 Å². The fraction of sp³-hybridized carbons (Fsp3) is 0.467. The molecule has 4 unspecified atom stereocenters. The summed E-state index contributed by atoms with van der Waals surface area (Å²) < 4.78 is 0. The number of allylic oxidation sites excluding steroid dienone is 2. The Morgan fingerprint density at radius 2 is 2.11 bits per heavy atom. The second kappa shape index (κ2) is 4.68. The smallest absolute Gasteiger partial charge is 0.292 e. The van der Waals surface area contributed by atoms with Crippen molar-refractivity contribution in [2.24, 2.45) is 17.8 Å². The number of nitro groups is 1. The standard InChI is InChI=1S/C15H18N2O2/c1-10(13-9-11-6-7-12(13)8-11)16-14-4-2-3-5-15(14)17(18)19/h2-7,10-13,16H,8-9H2,1H3. The predicted octanol–water partition coefficient (Wildman–Crippen LogP) is 3.61. The van der Waals surface area contributed by atoms with Gasteiger partial charge in [0.15, 0.2) is 0 Å². The van der Waals surface area contributed by atoms with Crippen LogP contribution in [0.5, 0.6) is 0 Å². The van der Waals surface area contributed by atoms with E-state index in [0.29, 0.717) is 17.5 Å². The molecule has 0 saturated heterocycles. The van der Waals surface area contributed by atoms with Gasteiger partial charge in [0.1, 0.15) is 5.69 Å². The van der Waals surface area contributed by atoms with Crippen molar-refractivity contribution in [3.63, 3.8) is 0 Å². The minimum atomic E-state index is -0.324. The maximum absolute atomic E-state index is 11.0. The first-order valence-corrected chi connectivity index (χ1v) is 6.83. The van der Waals surface area contributed by atoms with Crippen LogP contribution >= 0.6 is 0 Å². The number of nitro benzene ring substituents is 1. The lowest BCUT2D eigenvalue weighted by molar-refractivity contribution is -0.384. The Hall–Kier alpha value is -1.84. The van der Waals surface area contributed by atoms with Gasteiger partial charge in [0.05, 0.1) is 4.92 Å². The summed E-state index contributed by atoms with van der Waals surface area (Å²) in [6.07, 6.45) is 7.10. The van der Waals surface area contributed by atoms with E-state index in [9.17, 15) is 10.1 Å². The SMILES string of the molecule is CC(Nc1ccccc1[N+](=O)[O-])C1CC2C=CC1C2. The summed E-state index contributed by atoms with van der Waals surface area (Å²) in [6, 6.07) is 7.14. The largest absolute Gasteiger partial charge is 0.377 e. The first kappa shape index (κ1) is 12.2. The number of rotatable bonds is 4. The fourth-order valence-electron chi connectivity index (χ4n) is 3.51. The summed E-state index contributed by atoms with van der Waals surface area (Å²) in [4.78, 5) is 10.7. The zero-order valence-corrected chi connectivity index (χ0v) is 11.0. The van der Waals surface area contributed by atoms with Crippen LogP contribution in [0.3, 0.4) is 0 Å². The van der Waals surface area contributed by atoms with Crippen LogP contribution in [-0.2, 0) is 0 Å². The molecule has 2 aliphatic carbocycles. The van der Waals surface area contributed by atoms with Gasteiger partial charge in [0.2, 0.25) is 0 Å². The molecule has 1 N–H and O–H groups in total. The molecule has 4 heteroatoms. The molecule has 0 heterocycles. The highest BCUT2D eigenvalue weighted by Gasteiger charge is 2.38. The predicted molar refractivity (Wildman–Crippen MR) is 75.0 cm³/mol. The lowest BCUT2D eigenvalue weighted by Crippen LogP contribution is -2.29. The average molecular weight is 258 g/mol. The van der Waals surface area contributed by atoms with Crippen LogP contribution in [0, 0.1) is 27.9 Å². The van der Waals surface area contributed by atoms with Gasteiger partial charge in [-0.1, -0.05) is 24.3 Å². The van der Waals surface area contributed by atoms with Gasteiger partial charge in [-0.25, -0.2) is 0 Å². The van der Waals surface area contributed by atoms with Crippen molar-refractivity contribution in [2.45, 2.75) is 25.8 Å². The van der Waals surface area contributed by atoms with Gasteiger partial charge >= 0.3 is 0 Å². The number of hydrogen-bond acceptors (Lipinski definition) is 3. The average Bonchev–Trinajstić information content (AvgIpc) is 3.01. The second-order valence-electron chi connectivity index (χ2n) is 5.65. The van der Waals surface area contributed by atoms with Gasteiger partial charge in [-0.3, -0.25) is 10.1 Å². The lowest BCUT2D eigenvalue weighted by atomic mass is 9.87. The van der Waals surface area contributed by atoms with Crippen molar-refractivity contribution in [3.05, 3.63) is 46.5 Å². The molecule has 4 atom stereocenters. The zero-order valence-electron chi connectivity index (χ0n) is 11.0. The molecule has 1 fully saturated rings. The molecule has 0 spiro atoms. The summed E-state index contributed by atoms with van der Waals surface area (Å²) in [6.45, 7) is 2.13. The van der Waals surface area contributed by atoms with Gasteiger partial charge in [0, 0.05) is 12.1 Å². The highest BCUT2D eigenvalue weighted by atomic mass is 16.6. The van der Waals surface area contributed by atoms with Gasteiger partial charge in [0.25, 0.3) is 5.69 Å². The van der Waals surface area contributed by atoms with E-state index in [2.05, 4.69) is 24.4 Å². The number of anilines is 1. The Balaban J connectivity index is 1.75. The minimum Gasteiger partial charge on any atom is -0.377 e. The summed E-state index contributed by atoms with van der Waals surface area (Å²) in [5, 5.41) is 14.3. The van der Waals surface area contributed by atoms with Crippen molar-refractivity contribution in [1.29, 1.82) is 0 Å². The molecule has 100 valence electrons. The highest BCUT2D eigenvalue weighted by Crippen LogP contribution is 2.45. The Morgan fingerprint density at radius 3 is 2.74 bits per heavy atom. The molecule has 0 aliphatic heterocycles. The number of fused-ring (bicyclic) bond motifs is 2. The molecule has 1 aromatic carbocycles. The van der Waals surface area contributed by atoms with Crippen LogP contribution in [0.1, 0.15) is 19.8 Å². The van der Waals surface area contributed by atoms with E-state index in [4.69, 9.17) is 0 Å². The monoisotopic (exact) mass is 258 g/mol. The molecule has 0 radical (unpaired) electrons. The molecule has 1 aromatic rings. The highest BCUT2D eigenvalue weighted by molar-refractivity contribution is 5.61. The Morgan fingerprint density at radius 1 is 1.32 bits per heavy atom. The second-order valence-corrected chi connectivity index (χ2v) is 5.65. The third-order valence-corrected chi connectivity index (χ3v) is 4.46. The number of benzene rings is 1. The maximum atomic E-state index is 11.0. The molecule has 2 bridgehead atoms. The molecule has 3 rings (SSSR count). The summed E-state index contributed by atoms with van der Waals surface area (Å²) >= 11 is 0. The number of nitrogens with zero attached hydrogens (tertiary/aromatic N) is 1. The summed E-state index contributed by atoms with van der Waals surface area (Å²) in [7, 11) is 0. The zero-order chi connectivity index (χ0) is 13.4. The van der Waals surface area contributed by atoms with Gasteiger partial charge in [-0.05, 0) is 43.6 Å². The molecular formula is C15H18N2O2. The van der Waals surface area contributed by atoms with Crippen molar-refractivity contribution >= 4 is 11.4 Å². The van der Waals surface area contributed by atoms with E-state index in [1.165, 1.54) is 12.8 Å². The van der Waals surface area contributed by atoms with Crippen LogP contribution in [0.4, 0.5) is 11.4 Å². The number of nitrogens with one attached hydrogen (secondary N) is 1. The normalized spacial score (nSPS) is 29.4. The Bertz CT molecular complexity index is 527. The number of para-hydroxylation sites is 2. The summed E-state index contributed by atoms with van der Waals surface area (Å²) in [5.41, 5.74) is 0.791.